The van der Waals surface area contributed by atoms with Crippen molar-refractivity contribution in [1.29, 1.82) is 0 Å². The van der Waals surface area contributed by atoms with Crippen LogP contribution in [0.2, 0.25) is 5.02 Å². The molecular formula is C13H17ClN2O3. The number of aryl methyl sites for hydroxylation is 1. The molecule has 104 valence electrons. The standard InChI is InChI=1S/C13H17ClN2O3/c1-8-3-5-10(14)7-11(8)16-13(19)15-9(2)4-6-12(17)18/h3,5,7,9H,4,6H2,1-2H3,(H,17,18)(H2,15,16,19). The first-order chi connectivity index (χ1) is 8.88. The minimum Gasteiger partial charge on any atom is -0.481 e. The normalized spacial score (nSPS) is 11.7. The zero-order valence-electron chi connectivity index (χ0n) is 10.9. The number of aliphatic carboxylic acids is 1. The molecule has 1 aromatic rings. The summed E-state index contributed by atoms with van der Waals surface area (Å²) in [6.07, 6.45) is 0.412. The molecule has 0 heterocycles. The molecule has 1 atom stereocenters. The summed E-state index contributed by atoms with van der Waals surface area (Å²) in [5.41, 5.74) is 1.54. The first-order valence-corrected chi connectivity index (χ1v) is 6.31. The van der Waals surface area contributed by atoms with Crippen molar-refractivity contribution in [2.75, 3.05) is 5.32 Å². The number of halogens is 1. The van der Waals surface area contributed by atoms with Gasteiger partial charge < -0.3 is 15.7 Å². The lowest BCUT2D eigenvalue weighted by atomic mass is 10.2. The number of rotatable bonds is 5. The molecule has 0 spiro atoms. The summed E-state index contributed by atoms with van der Waals surface area (Å²) in [7, 11) is 0. The molecule has 6 heteroatoms. The minimum atomic E-state index is -0.875. The summed E-state index contributed by atoms with van der Waals surface area (Å²) in [6.45, 7) is 3.62. The SMILES string of the molecule is Cc1ccc(Cl)cc1NC(=O)NC(C)CCC(=O)O. The molecule has 1 unspecified atom stereocenters. The van der Waals surface area contributed by atoms with Gasteiger partial charge in [-0.25, -0.2) is 4.79 Å². The van der Waals surface area contributed by atoms with E-state index in [-0.39, 0.29) is 18.5 Å². The summed E-state index contributed by atoms with van der Waals surface area (Å²) in [5.74, 6) is -0.875. The Balaban J connectivity index is 2.50. The van der Waals surface area contributed by atoms with E-state index in [4.69, 9.17) is 16.7 Å². The van der Waals surface area contributed by atoms with Crippen LogP contribution >= 0.6 is 11.6 Å². The maximum absolute atomic E-state index is 11.7. The predicted octanol–water partition coefficient (Wildman–Crippen LogP) is 3.02. The number of carboxylic acid groups (broad SMARTS) is 1. The van der Waals surface area contributed by atoms with Gasteiger partial charge in [0, 0.05) is 23.2 Å². The van der Waals surface area contributed by atoms with Crippen LogP contribution in [0.3, 0.4) is 0 Å². The highest BCUT2D eigenvalue weighted by Crippen LogP contribution is 2.19. The van der Waals surface area contributed by atoms with Crippen molar-refractivity contribution >= 4 is 29.3 Å². The van der Waals surface area contributed by atoms with Gasteiger partial charge >= 0.3 is 12.0 Å². The molecular weight excluding hydrogens is 268 g/mol. The fourth-order valence-corrected chi connectivity index (χ4v) is 1.70. The van der Waals surface area contributed by atoms with Gasteiger partial charge in [-0.05, 0) is 38.0 Å². The second-order valence-corrected chi connectivity index (χ2v) is 4.83. The lowest BCUT2D eigenvalue weighted by molar-refractivity contribution is -0.137. The topological polar surface area (TPSA) is 78.4 Å². The van der Waals surface area contributed by atoms with Gasteiger partial charge in [-0.3, -0.25) is 4.79 Å². The maximum Gasteiger partial charge on any atom is 0.319 e. The third kappa shape index (κ3) is 5.61. The molecule has 0 aliphatic rings. The molecule has 0 radical (unpaired) electrons. The van der Waals surface area contributed by atoms with Crippen LogP contribution < -0.4 is 10.6 Å². The fraction of sp³-hybridized carbons (Fsp3) is 0.385. The second kappa shape index (κ2) is 6.99. The van der Waals surface area contributed by atoms with Gasteiger partial charge in [-0.2, -0.15) is 0 Å². The predicted molar refractivity (Wildman–Crippen MR) is 74.7 cm³/mol. The van der Waals surface area contributed by atoms with Crippen molar-refractivity contribution in [3.8, 4) is 0 Å². The van der Waals surface area contributed by atoms with Crippen LogP contribution in [0.4, 0.5) is 10.5 Å². The first-order valence-electron chi connectivity index (χ1n) is 5.94. The Labute approximate surface area is 117 Å². The van der Waals surface area contributed by atoms with E-state index in [9.17, 15) is 9.59 Å². The number of amides is 2. The van der Waals surface area contributed by atoms with Crippen molar-refractivity contribution < 1.29 is 14.7 Å². The molecule has 0 fully saturated rings. The fourth-order valence-electron chi connectivity index (χ4n) is 1.52. The summed E-state index contributed by atoms with van der Waals surface area (Å²) < 4.78 is 0. The van der Waals surface area contributed by atoms with E-state index in [1.807, 2.05) is 13.0 Å². The van der Waals surface area contributed by atoms with Crippen LogP contribution in [0, 0.1) is 6.92 Å². The van der Waals surface area contributed by atoms with Crippen LogP contribution in [0.15, 0.2) is 18.2 Å². The van der Waals surface area contributed by atoms with Crippen LogP contribution in [0.1, 0.15) is 25.3 Å². The molecule has 0 bridgehead atoms. The summed E-state index contributed by atoms with van der Waals surface area (Å²) in [6, 6.07) is 4.64. The Kier molecular flexibility index (Phi) is 5.63. The number of anilines is 1. The highest BCUT2D eigenvalue weighted by Gasteiger charge is 2.10. The number of urea groups is 1. The van der Waals surface area contributed by atoms with Crippen molar-refractivity contribution in [1.82, 2.24) is 5.32 Å². The Bertz CT molecular complexity index is 477. The van der Waals surface area contributed by atoms with Gasteiger partial charge in [0.1, 0.15) is 0 Å². The highest BCUT2D eigenvalue weighted by atomic mass is 35.5. The van der Waals surface area contributed by atoms with Gasteiger partial charge in [-0.1, -0.05) is 17.7 Å². The number of hydrogen-bond acceptors (Lipinski definition) is 2. The lowest BCUT2D eigenvalue weighted by Gasteiger charge is -2.14. The molecule has 0 saturated carbocycles. The smallest absolute Gasteiger partial charge is 0.319 e. The third-order valence-corrected chi connectivity index (χ3v) is 2.85. The van der Waals surface area contributed by atoms with Crippen molar-refractivity contribution in [2.45, 2.75) is 32.7 Å². The Hall–Kier alpha value is -1.75. The minimum absolute atomic E-state index is 0.0254. The van der Waals surface area contributed by atoms with E-state index in [2.05, 4.69) is 10.6 Å². The van der Waals surface area contributed by atoms with Crippen molar-refractivity contribution in [3.63, 3.8) is 0 Å². The third-order valence-electron chi connectivity index (χ3n) is 2.62. The quantitative estimate of drug-likeness (QED) is 0.777. The molecule has 2 amide bonds. The molecule has 0 aromatic heterocycles. The average molecular weight is 285 g/mol. The molecule has 3 N–H and O–H groups in total. The summed E-state index contributed by atoms with van der Waals surface area (Å²) in [5, 5.41) is 14.5. The van der Waals surface area contributed by atoms with Crippen LogP contribution in [-0.4, -0.2) is 23.1 Å². The van der Waals surface area contributed by atoms with Crippen LogP contribution in [-0.2, 0) is 4.79 Å². The first kappa shape index (κ1) is 15.3. The molecule has 0 saturated heterocycles. The molecule has 1 rings (SSSR count). The monoisotopic (exact) mass is 284 g/mol. The Morgan fingerprint density at radius 3 is 2.74 bits per heavy atom. The van der Waals surface area contributed by atoms with Crippen molar-refractivity contribution in [2.24, 2.45) is 0 Å². The van der Waals surface area contributed by atoms with E-state index >= 15 is 0 Å². The zero-order chi connectivity index (χ0) is 14.4. The number of benzene rings is 1. The van der Waals surface area contributed by atoms with E-state index in [0.29, 0.717) is 17.1 Å². The molecule has 19 heavy (non-hydrogen) atoms. The van der Waals surface area contributed by atoms with Gasteiger partial charge in [-0.15, -0.1) is 0 Å². The van der Waals surface area contributed by atoms with Crippen molar-refractivity contribution in [3.05, 3.63) is 28.8 Å². The number of carbonyl (C=O) groups excluding carboxylic acids is 1. The number of hydrogen-bond donors (Lipinski definition) is 3. The zero-order valence-corrected chi connectivity index (χ0v) is 11.6. The molecule has 1 aromatic carbocycles. The van der Waals surface area contributed by atoms with Crippen LogP contribution in [0.25, 0.3) is 0 Å². The molecule has 0 aliphatic heterocycles. The summed E-state index contributed by atoms with van der Waals surface area (Å²) in [4.78, 5) is 22.1. The molecule has 0 aliphatic carbocycles. The largest absolute Gasteiger partial charge is 0.481 e. The number of carbonyl (C=O) groups is 2. The maximum atomic E-state index is 11.7. The van der Waals surface area contributed by atoms with E-state index in [1.165, 1.54) is 0 Å². The Morgan fingerprint density at radius 2 is 2.11 bits per heavy atom. The van der Waals surface area contributed by atoms with E-state index < -0.39 is 5.97 Å². The van der Waals surface area contributed by atoms with E-state index in [1.54, 1.807) is 19.1 Å². The van der Waals surface area contributed by atoms with Gasteiger partial charge in [0.15, 0.2) is 0 Å². The average Bonchev–Trinajstić information content (AvgIpc) is 2.31. The van der Waals surface area contributed by atoms with Gasteiger partial charge in [0.25, 0.3) is 0 Å². The highest BCUT2D eigenvalue weighted by molar-refractivity contribution is 6.31. The van der Waals surface area contributed by atoms with E-state index in [0.717, 1.165) is 5.56 Å². The summed E-state index contributed by atoms with van der Waals surface area (Å²) >= 11 is 5.85. The van der Waals surface area contributed by atoms with Gasteiger partial charge in [0.05, 0.1) is 0 Å². The Morgan fingerprint density at radius 1 is 1.42 bits per heavy atom. The lowest BCUT2D eigenvalue weighted by Crippen LogP contribution is -2.36. The molecule has 5 nitrogen and oxygen atoms in total. The number of carboxylic acids is 1. The second-order valence-electron chi connectivity index (χ2n) is 4.39. The number of nitrogens with one attached hydrogen (secondary N) is 2. The van der Waals surface area contributed by atoms with Gasteiger partial charge in [0.2, 0.25) is 0 Å². The van der Waals surface area contributed by atoms with Crippen LogP contribution in [0.5, 0.6) is 0 Å².